The minimum atomic E-state index is -1.28. The lowest BCUT2D eigenvalue weighted by molar-refractivity contribution is -0.141. The number of Topliss-reactive ketones (excluding diaryl/α,β-unsaturated/α-hetero) is 2. The van der Waals surface area contributed by atoms with Crippen LogP contribution in [0.4, 0.5) is 0 Å². The zero-order valence-corrected chi connectivity index (χ0v) is 25.1. The van der Waals surface area contributed by atoms with Gasteiger partial charge in [-0.25, -0.2) is 0 Å². The van der Waals surface area contributed by atoms with Gasteiger partial charge in [0.1, 0.15) is 22.7 Å². The van der Waals surface area contributed by atoms with Crippen molar-refractivity contribution in [3.05, 3.63) is 107 Å². The largest absolute Gasteiger partial charge is 0.464 e. The summed E-state index contributed by atoms with van der Waals surface area (Å²) < 4.78 is 14.6. The molecule has 6 rings (SSSR count). The average Bonchev–Trinajstić information content (AvgIpc) is 3.77. The van der Waals surface area contributed by atoms with Crippen LogP contribution in [0.25, 0.3) is 21.9 Å². The molecular weight excluding hydrogens is 540 g/mol. The first-order valence-corrected chi connectivity index (χ1v) is 14.7. The van der Waals surface area contributed by atoms with Gasteiger partial charge in [0.05, 0.1) is 29.3 Å². The normalized spacial score (nSPS) is 12.0. The Balaban J connectivity index is 1.35. The molecule has 0 N–H and O–H groups in total. The molecule has 43 heavy (non-hydrogen) atoms. The number of carbonyl (C=O) groups excluding carboxylic acids is 2. The highest BCUT2D eigenvalue weighted by atomic mass is 16.3. The Hall–Kier alpha value is -4.72. The lowest BCUT2D eigenvalue weighted by atomic mass is 9.69. The molecule has 6 aromatic rings. The molecule has 8 heteroatoms. The van der Waals surface area contributed by atoms with Gasteiger partial charge in [0.15, 0.2) is 0 Å². The molecule has 2 aromatic carbocycles. The molecule has 0 aliphatic heterocycles. The van der Waals surface area contributed by atoms with Gasteiger partial charge < -0.3 is 8.83 Å². The van der Waals surface area contributed by atoms with Crippen LogP contribution < -0.4 is 0 Å². The third-order valence-electron chi connectivity index (χ3n) is 8.55. The molecule has 0 aliphatic carbocycles. The number of nitrogens with zero attached hydrogens (tertiary/aromatic N) is 4. The Labute approximate surface area is 250 Å². The fourth-order valence-corrected chi connectivity index (χ4v) is 6.23. The number of fused-ring (bicyclic) bond motifs is 2. The Bertz CT molecular complexity index is 1800. The quantitative estimate of drug-likeness (QED) is 0.156. The molecule has 0 unspecified atom stereocenters. The predicted molar refractivity (Wildman–Crippen MR) is 165 cm³/mol. The molecule has 8 nitrogen and oxygen atoms in total. The Kier molecular flexibility index (Phi) is 7.61. The van der Waals surface area contributed by atoms with Crippen molar-refractivity contribution in [2.24, 2.45) is 19.5 Å². The van der Waals surface area contributed by atoms with Crippen molar-refractivity contribution < 1.29 is 18.4 Å². The summed E-state index contributed by atoms with van der Waals surface area (Å²) in [5.74, 6) is -0.124. The van der Waals surface area contributed by atoms with E-state index < -0.39 is 5.41 Å². The smallest absolute Gasteiger partial charge is 0.147 e. The zero-order chi connectivity index (χ0) is 30.1. The van der Waals surface area contributed by atoms with E-state index in [2.05, 4.69) is 22.3 Å². The molecule has 4 aromatic heterocycles. The van der Waals surface area contributed by atoms with E-state index in [1.54, 1.807) is 21.9 Å². The van der Waals surface area contributed by atoms with Gasteiger partial charge in [-0.15, -0.1) is 0 Å². The molecule has 220 valence electrons. The van der Waals surface area contributed by atoms with Crippen molar-refractivity contribution in [3.8, 4) is 0 Å². The second-order valence-corrected chi connectivity index (χ2v) is 11.7. The second-order valence-electron chi connectivity index (χ2n) is 11.7. The van der Waals surface area contributed by atoms with Crippen LogP contribution in [0.5, 0.6) is 0 Å². The number of furan rings is 2. The maximum atomic E-state index is 14.6. The Morgan fingerprint density at radius 3 is 1.51 bits per heavy atom. The first-order valence-electron chi connectivity index (χ1n) is 14.7. The van der Waals surface area contributed by atoms with Gasteiger partial charge in [-0.3, -0.25) is 19.0 Å². The third-order valence-corrected chi connectivity index (χ3v) is 8.55. The first-order chi connectivity index (χ1) is 20.7. The molecule has 0 spiro atoms. The maximum absolute atomic E-state index is 14.6. The van der Waals surface area contributed by atoms with E-state index in [4.69, 9.17) is 8.83 Å². The van der Waals surface area contributed by atoms with Gasteiger partial charge in [-0.2, -0.15) is 10.2 Å². The number of hydrogen-bond acceptors (Lipinski definition) is 6. The molecule has 0 saturated heterocycles. The molecule has 0 radical (unpaired) electrons. The van der Waals surface area contributed by atoms with Crippen LogP contribution in [-0.2, 0) is 49.4 Å². The number of hydrogen-bond donors (Lipinski definition) is 0. The molecule has 4 heterocycles. The Morgan fingerprint density at radius 2 is 1.12 bits per heavy atom. The standard InChI is InChI=1S/C35H36N4O4/c1-23-17-29(38(3)36-23)21-35(22-30-18-24(2)37-39(30)4,33(40)11-7-25-5-9-31-27(19-25)13-15-42-31)34(41)12-8-26-6-10-32-28(20-26)14-16-43-32/h5-6,9-10,13-20H,7-8,11-12,21-22H2,1-4H3. The van der Waals surface area contributed by atoms with Crippen molar-refractivity contribution >= 4 is 33.5 Å². The number of aromatic nitrogens is 4. The van der Waals surface area contributed by atoms with E-state index in [1.165, 1.54) is 0 Å². The number of rotatable bonds is 12. The summed E-state index contributed by atoms with van der Waals surface area (Å²) in [6.07, 6.45) is 5.41. The molecule has 0 bridgehead atoms. The number of aryl methyl sites for hydroxylation is 6. The number of benzene rings is 2. The van der Waals surface area contributed by atoms with Crippen LogP contribution in [-0.4, -0.2) is 31.1 Å². The molecule has 0 aliphatic rings. The van der Waals surface area contributed by atoms with Crippen LogP contribution in [0, 0.1) is 19.3 Å². The van der Waals surface area contributed by atoms with E-state index in [-0.39, 0.29) is 37.2 Å². The lowest BCUT2D eigenvalue weighted by Gasteiger charge is -2.31. The summed E-state index contributed by atoms with van der Waals surface area (Å²) in [5, 5.41) is 11.1. The predicted octanol–water partition coefficient (Wildman–Crippen LogP) is 6.44. The topological polar surface area (TPSA) is 96.1 Å². The van der Waals surface area contributed by atoms with Crippen molar-refractivity contribution in [2.75, 3.05) is 0 Å². The average molecular weight is 577 g/mol. The number of carbonyl (C=O) groups is 2. The summed E-state index contributed by atoms with van der Waals surface area (Å²) in [6.45, 7) is 3.86. The van der Waals surface area contributed by atoms with E-state index in [1.807, 2.05) is 76.5 Å². The van der Waals surface area contributed by atoms with Gasteiger partial charge in [0.2, 0.25) is 0 Å². The number of ketones is 2. The van der Waals surface area contributed by atoms with E-state index >= 15 is 0 Å². The van der Waals surface area contributed by atoms with Crippen molar-refractivity contribution in [2.45, 2.75) is 52.4 Å². The van der Waals surface area contributed by atoms with Gasteiger partial charge in [0.25, 0.3) is 0 Å². The molecule has 0 fully saturated rings. The molecule has 0 atom stereocenters. The summed E-state index contributed by atoms with van der Waals surface area (Å²) in [5.41, 5.74) is 5.83. The van der Waals surface area contributed by atoms with E-state index in [9.17, 15) is 9.59 Å². The monoisotopic (exact) mass is 576 g/mol. The van der Waals surface area contributed by atoms with Crippen LogP contribution in [0.2, 0.25) is 0 Å². The highest BCUT2D eigenvalue weighted by Gasteiger charge is 2.45. The Morgan fingerprint density at radius 1 is 0.674 bits per heavy atom. The summed E-state index contributed by atoms with van der Waals surface area (Å²) in [7, 11) is 3.74. The summed E-state index contributed by atoms with van der Waals surface area (Å²) >= 11 is 0. The van der Waals surface area contributed by atoms with Crippen LogP contribution in [0.15, 0.2) is 82.0 Å². The van der Waals surface area contributed by atoms with Crippen molar-refractivity contribution in [3.63, 3.8) is 0 Å². The van der Waals surface area contributed by atoms with Gasteiger partial charge in [-0.1, -0.05) is 12.1 Å². The highest BCUT2D eigenvalue weighted by Crippen LogP contribution is 2.35. The van der Waals surface area contributed by atoms with Crippen molar-refractivity contribution in [1.82, 2.24) is 19.6 Å². The first kappa shape index (κ1) is 28.4. The minimum absolute atomic E-state index is 0.0622. The zero-order valence-electron chi connectivity index (χ0n) is 25.1. The van der Waals surface area contributed by atoms with Crippen LogP contribution in [0.3, 0.4) is 0 Å². The van der Waals surface area contributed by atoms with Crippen molar-refractivity contribution in [1.29, 1.82) is 0 Å². The highest BCUT2D eigenvalue weighted by molar-refractivity contribution is 6.07. The SMILES string of the molecule is Cc1cc(CC(Cc2cc(C)nn2C)(C(=O)CCc2ccc3occc3c2)C(=O)CCc2ccc3occc3c2)n(C)n1. The maximum Gasteiger partial charge on any atom is 0.147 e. The minimum Gasteiger partial charge on any atom is -0.464 e. The van der Waals surface area contributed by atoms with Gasteiger partial charge in [-0.05, 0) is 86.3 Å². The molecule has 0 saturated carbocycles. The molecule has 0 amide bonds. The molecular formula is C35H36N4O4. The fraction of sp³-hybridized carbons (Fsp3) is 0.314. The third kappa shape index (κ3) is 5.82. The van der Waals surface area contributed by atoms with Crippen LogP contribution >= 0.6 is 0 Å². The van der Waals surface area contributed by atoms with E-state index in [0.29, 0.717) is 12.8 Å². The van der Waals surface area contributed by atoms with Crippen LogP contribution in [0.1, 0.15) is 46.7 Å². The lowest BCUT2D eigenvalue weighted by Crippen LogP contribution is -2.44. The summed E-state index contributed by atoms with van der Waals surface area (Å²) in [4.78, 5) is 29.2. The summed E-state index contributed by atoms with van der Waals surface area (Å²) in [6, 6.07) is 19.7. The van der Waals surface area contributed by atoms with Gasteiger partial charge in [0, 0.05) is 61.9 Å². The fourth-order valence-electron chi connectivity index (χ4n) is 6.23. The second kappa shape index (κ2) is 11.5. The van der Waals surface area contributed by atoms with E-state index in [0.717, 1.165) is 55.8 Å². The van der Waals surface area contributed by atoms with Gasteiger partial charge >= 0.3 is 0 Å².